The largest absolute Gasteiger partial charge is 0.350 e. The van der Waals surface area contributed by atoms with Gasteiger partial charge in [-0.15, -0.1) is 0 Å². The molecule has 0 atom stereocenters. The molecule has 5 nitrogen and oxygen atoms in total. The van der Waals surface area contributed by atoms with E-state index >= 15 is 0 Å². The van der Waals surface area contributed by atoms with Gasteiger partial charge in [0.05, 0.1) is 4.90 Å². The molecule has 150 valence electrons. The second-order valence-corrected chi connectivity index (χ2v) is 8.77. The van der Waals surface area contributed by atoms with Gasteiger partial charge < -0.3 is 5.32 Å². The molecular formula is C20H22F2N2O3S. The molecule has 3 rings (SSSR count). The maximum atomic E-state index is 14.5. The Morgan fingerprint density at radius 1 is 1.04 bits per heavy atom. The number of anilines is 1. The molecule has 0 unspecified atom stereocenters. The van der Waals surface area contributed by atoms with Crippen molar-refractivity contribution >= 4 is 21.6 Å². The van der Waals surface area contributed by atoms with E-state index in [9.17, 15) is 22.0 Å². The van der Waals surface area contributed by atoms with Crippen LogP contribution < -0.4 is 5.32 Å². The smallest absolute Gasteiger partial charge is 0.320 e. The standard InChI is InChI=1S/C20H22F2N2O3S/c1-15-10-11-17(28(26,27)24-12-6-3-7-13-24)14-18(15)23-19(25)20(21,22)16-8-4-2-5-9-16/h2,4-5,8-11,14H,3,6-7,12-13H2,1H3,(H,23,25). The topological polar surface area (TPSA) is 66.5 Å². The maximum absolute atomic E-state index is 14.5. The number of aryl methyl sites for hydroxylation is 1. The summed E-state index contributed by atoms with van der Waals surface area (Å²) in [5.74, 6) is -5.25. The summed E-state index contributed by atoms with van der Waals surface area (Å²) in [5.41, 5.74) is 0.121. The summed E-state index contributed by atoms with van der Waals surface area (Å²) >= 11 is 0. The monoisotopic (exact) mass is 408 g/mol. The minimum absolute atomic E-state index is 0.0154. The van der Waals surface area contributed by atoms with Crippen molar-refractivity contribution in [2.24, 2.45) is 0 Å². The number of hydrogen-bond donors (Lipinski definition) is 1. The second kappa shape index (κ2) is 7.97. The molecule has 0 aliphatic carbocycles. The molecule has 2 aromatic carbocycles. The Morgan fingerprint density at radius 2 is 1.68 bits per heavy atom. The van der Waals surface area contributed by atoms with Crippen LogP contribution in [0.25, 0.3) is 0 Å². The quantitative estimate of drug-likeness (QED) is 0.816. The minimum atomic E-state index is -3.74. The fourth-order valence-electron chi connectivity index (χ4n) is 3.13. The van der Waals surface area contributed by atoms with Crippen molar-refractivity contribution in [3.63, 3.8) is 0 Å². The Labute approximate surface area is 163 Å². The summed E-state index contributed by atoms with van der Waals surface area (Å²) in [5, 5.41) is 2.19. The number of carbonyl (C=O) groups is 1. The Bertz CT molecular complexity index is 957. The number of nitrogens with one attached hydrogen (secondary N) is 1. The lowest BCUT2D eigenvalue weighted by Crippen LogP contribution is -2.36. The zero-order valence-corrected chi connectivity index (χ0v) is 16.3. The molecule has 1 amide bonds. The average Bonchev–Trinajstić information content (AvgIpc) is 2.70. The van der Waals surface area contributed by atoms with Crippen LogP contribution in [0.4, 0.5) is 14.5 Å². The van der Waals surface area contributed by atoms with Crippen LogP contribution in [0.3, 0.4) is 0 Å². The molecule has 1 saturated heterocycles. The zero-order chi connectivity index (χ0) is 20.4. The van der Waals surface area contributed by atoms with Crippen molar-refractivity contribution in [2.75, 3.05) is 18.4 Å². The van der Waals surface area contributed by atoms with E-state index < -0.39 is 27.4 Å². The number of hydrogen-bond acceptors (Lipinski definition) is 3. The molecule has 8 heteroatoms. The number of amides is 1. The SMILES string of the molecule is Cc1ccc(S(=O)(=O)N2CCCCC2)cc1NC(=O)C(F)(F)c1ccccc1. The Hall–Kier alpha value is -2.32. The summed E-state index contributed by atoms with van der Waals surface area (Å²) in [6.45, 7) is 2.49. The summed E-state index contributed by atoms with van der Waals surface area (Å²) in [7, 11) is -3.73. The fourth-order valence-corrected chi connectivity index (χ4v) is 4.67. The van der Waals surface area contributed by atoms with Crippen molar-refractivity contribution < 1.29 is 22.0 Å². The fraction of sp³-hybridized carbons (Fsp3) is 0.350. The third kappa shape index (κ3) is 4.07. The number of alkyl halides is 2. The second-order valence-electron chi connectivity index (χ2n) is 6.84. The Kier molecular flexibility index (Phi) is 5.81. The summed E-state index contributed by atoms with van der Waals surface area (Å²) in [4.78, 5) is 12.2. The van der Waals surface area contributed by atoms with Crippen molar-refractivity contribution in [1.82, 2.24) is 4.31 Å². The van der Waals surface area contributed by atoms with E-state index in [0.717, 1.165) is 19.3 Å². The Morgan fingerprint density at radius 3 is 2.32 bits per heavy atom. The van der Waals surface area contributed by atoms with E-state index in [1.54, 1.807) is 13.0 Å². The maximum Gasteiger partial charge on any atom is 0.350 e. The van der Waals surface area contributed by atoms with Gasteiger partial charge in [-0.05, 0) is 37.5 Å². The minimum Gasteiger partial charge on any atom is -0.320 e. The molecule has 1 aliphatic rings. The first-order chi connectivity index (χ1) is 13.2. The molecule has 1 heterocycles. The van der Waals surface area contributed by atoms with Gasteiger partial charge in [-0.3, -0.25) is 4.79 Å². The van der Waals surface area contributed by atoms with Crippen molar-refractivity contribution in [2.45, 2.75) is 37.0 Å². The van der Waals surface area contributed by atoms with E-state index in [4.69, 9.17) is 0 Å². The molecule has 1 fully saturated rings. The van der Waals surface area contributed by atoms with E-state index in [1.807, 2.05) is 0 Å². The highest BCUT2D eigenvalue weighted by molar-refractivity contribution is 7.89. The lowest BCUT2D eigenvalue weighted by molar-refractivity contribution is -0.140. The predicted octanol–water partition coefficient (Wildman–Crippen LogP) is 3.90. The highest BCUT2D eigenvalue weighted by Crippen LogP contribution is 2.31. The molecule has 0 bridgehead atoms. The van der Waals surface area contributed by atoms with Gasteiger partial charge in [0.15, 0.2) is 0 Å². The number of nitrogens with zero attached hydrogens (tertiary/aromatic N) is 1. The predicted molar refractivity (Wildman–Crippen MR) is 103 cm³/mol. The van der Waals surface area contributed by atoms with Crippen LogP contribution in [0.2, 0.25) is 0 Å². The van der Waals surface area contributed by atoms with Gasteiger partial charge >= 0.3 is 5.92 Å². The molecular weight excluding hydrogens is 386 g/mol. The zero-order valence-electron chi connectivity index (χ0n) is 15.5. The lowest BCUT2D eigenvalue weighted by Gasteiger charge is -2.26. The number of sulfonamides is 1. The molecule has 0 aromatic heterocycles. The number of benzene rings is 2. The van der Waals surface area contributed by atoms with Crippen LogP contribution in [-0.4, -0.2) is 31.7 Å². The van der Waals surface area contributed by atoms with E-state index in [1.165, 1.54) is 46.8 Å². The van der Waals surface area contributed by atoms with Crippen LogP contribution in [0.1, 0.15) is 30.4 Å². The highest BCUT2D eigenvalue weighted by atomic mass is 32.2. The molecule has 2 aromatic rings. The third-order valence-electron chi connectivity index (χ3n) is 4.83. The van der Waals surface area contributed by atoms with Gasteiger partial charge in [0.2, 0.25) is 10.0 Å². The molecule has 1 N–H and O–H groups in total. The molecule has 0 radical (unpaired) electrons. The first-order valence-corrected chi connectivity index (χ1v) is 10.5. The molecule has 0 saturated carbocycles. The summed E-state index contributed by atoms with van der Waals surface area (Å²) in [6, 6.07) is 11.0. The van der Waals surface area contributed by atoms with E-state index in [2.05, 4.69) is 5.32 Å². The third-order valence-corrected chi connectivity index (χ3v) is 6.73. The van der Waals surface area contributed by atoms with E-state index in [0.29, 0.717) is 18.7 Å². The number of rotatable bonds is 5. The summed E-state index contributed by atoms with van der Waals surface area (Å²) < 4.78 is 55.9. The van der Waals surface area contributed by atoms with Crippen molar-refractivity contribution in [1.29, 1.82) is 0 Å². The number of halogens is 2. The van der Waals surface area contributed by atoms with Gasteiger partial charge in [-0.1, -0.05) is 42.8 Å². The van der Waals surface area contributed by atoms with Crippen LogP contribution in [0.5, 0.6) is 0 Å². The van der Waals surface area contributed by atoms with Gasteiger partial charge in [0.1, 0.15) is 0 Å². The highest BCUT2D eigenvalue weighted by Gasteiger charge is 2.41. The average molecular weight is 408 g/mol. The van der Waals surface area contributed by atoms with Crippen LogP contribution in [0, 0.1) is 6.92 Å². The number of piperidine rings is 1. The van der Waals surface area contributed by atoms with Crippen LogP contribution in [-0.2, 0) is 20.7 Å². The van der Waals surface area contributed by atoms with Gasteiger partial charge in [-0.2, -0.15) is 13.1 Å². The lowest BCUT2D eigenvalue weighted by atomic mass is 10.1. The molecule has 28 heavy (non-hydrogen) atoms. The van der Waals surface area contributed by atoms with Crippen molar-refractivity contribution in [3.05, 3.63) is 59.7 Å². The van der Waals surface area contributed by atoms with Gasteiger partial charge in [-0.25, -0.2) is 8.42 Å². The van der Waals surface area contributed by atoms with Crippen LogP contribution in [0.15, 0.2) is 53.4 Å². The van der Waals surface area contributed by atoms with Crippen molar-refractivity contribution in [3.8, 4) is 0 Å². The molecule has 1 aliphatic heterocycles. The Balaban J connectivity index is 1.87. The van der Waals surface area contributed by atoms with E-state index in [-0.39, 0.29) is 10.6 Å². The molecule has 0 spiro atoms. The summed E-state index contributed by atoms with van der Waals surface area (Å²) in [6.07, 6.45) is 2.56. The van der Waals surface area contributed by atoms with Gasteiger partial charge in [0, 0.05) is 24.3 Å². The number of carbonyl (C=O) groups excluding carboxylic acids is 1. The van der Waals surface area contributed by atoms with Crippen LogP contribution >= 0.6 is 0 Å². The first kappa shape index (κ1) is 20.4. The normalized spacial score (nSPS) is 16.0. The first-order valence-electron chi connectivity index (χ1n) is 9.08. The van der Waals surface area contributed by atoms with Gasteiger partial charge in [0.25, 0.3) is 5.91 Å².